The molecule has 1 amide bonds. The van der Waals surface area contributed by atoms with E-state index in [1.807, 2.05) is 42.0 Å². The number of piperidine rings is 1. The second-order valence-corrected chi connectivity index (χ2v) is 11.2. The first-order valence-electron chi connectivity index (χ1n) is 11.0. The first-order chi connectivity index (χ1) is 16.2. The second-order valence-electron chi connectivity index (χ2n) is 8.43. The van der Waals surface area contributed by atoms with Crippen molar-refractivity contribution in [3.63, 3.8) is 0 Å². The largest absolute Gasteiger partial charge is 0.352 e. The number of sulfonamides is 1. The van der Waals surface area contributed by atoms with Gasteiger partial charge < -0.3 is 9.88 Å². The van der Waals surface area contributed by atoms with Gasteiger partial charge in [0.1, 0.15) is 5.82 Å². The fourth-order valence-electron chi connectivity index (χ4n) is 4.10. The van der Waals surface area contributed by atoms with Gasteiger partial charge in [0.15, 0.2) is 0 Å². The zero-order valence-corrected chi connectivity index (χ0v) is 21.1. The third kappa shape index (κ3) is 5.81. The van der Waals surface area contributed by atoms with Crippen LogP contribution >= 0.6 is 23.2 Å². The Balaban J connectivity index is 1.34. The van der Waals surface area contributed by atoms with Crippen LogP contribution in [0, 0.1) is 12.8 Å². The maximum Gasteiger partial charge on any atom is 0.224 e. The Morgan fingerprint density at radius 3 is 2.53 bits per heavy atom. The van der Waals surface area contributed by atoms with Crippen LogP contribution in [0.3, 0.4) is 0 Å². The number of rotatable bonds is 7. The van der Waals surface area contributed by atoms with Crippen LogP contribution in [-0.4, -0.2) is 41.3 Å². The minimum atomic E-state index is -3.59. The molecule has 1 aromatic heterocycles. The summed E-state index contributed by atoms with van der Waals surface area (Å²) in [6.45, 7) is 2.90. The second kappa shape index (κ2) is 10.5. The van der Waals surface area contributed by atoms with E-state index in [1.54, 1.807) is 24.4 Å². The Labute approximate surface area is 209 Å². The van der Waals surface area contributed by atoms with Crippen LogP contribution in [0.15, 0.2) is 54.9 Å². The molecule has 0 saturated carbocycles. The van der Waals surface area contributed by atoms with Crippen LogP contribution in [-0.2, 0) is 27.1 Å². The molecular formula is C24H26Cl2N4O3S. The van der Waals surface area contributed by atoms with Crippen molar-refractivity contribution < 1.29 is 13.2 Å². The topological polar surface area (TPSA) is 84.3 Å². The van der Waals surface area contributed by atoms with E-state index in [2.05, 4.69) is 10.3 Å². The Morgan fingerprint density at radius 1 is 1.12 bits per heavy atom. The minimum Gasteiger partial charge on any atom is -0.352 e. The molecule has 1 fully saturated rings. The molecule has 1 aliphatic heterocycles. The Hall–Kier alpha value is -2.39. The number of hydrogen-bond acceptors (Lipinski definition) is 4. The summed E-state index contributed by atoms with van der Waals surface area (Å²) in [6.07, 6.45) is 4.94. The molecule has 1 aliphatic rings. The average Bonchev–Trinajstić information content (AvgIpc) is 3.26. The van der Waals surface area contributed by atoms with E-state index in [9.17, 15) is 13.2 Å². The van der Waals surface area contributed by atoms with E-state index in [-0.39, 0.29) is 24.1 Å². The Kier molecular flexibility index (Phi) is 7.62. The molecule has 0 spiro atoms. The van der Waals surface area contributed by atoms with Gasteiger partial charge in [0, 0.05) is 37.7 Å². The highest BCUT2D eigenvalue weighted by atomic mass is 35.5. The van der Waals surface area contributed by atoms with E-state index in [1.165, 1.54) is 4.31 Å². The number of hydrogen-bond donors (Lipinski definition) is 1. The Morgan fingerprint density at radius 2 is 1.85 bits per heavy atom. The smallest absolute Gasteiger partial charge is 0.224 e. The number of carbonyl (C=O) groups is 1. The maximum atomic E-state index is 13.0. The highest BCUT2D eigenvalue weighted by Gasteiger charge is 2.32. The van der Waals surface area contributed by atoms with E-state index in [4.69, 9.17) is 23.2 Å². The molecule has 2 aromatic carbocycles. The number of imidazole rings is 1. The van der Waals surface area contributed by atoms with Crippen LogP contribution in [0.4, 0.5) is 0 Å². The summed E-state index contributed by atoms with van der Waals surface area (Å²) in [5, 5.41) is 3.65. The highest BCUT2D eigenvalue weighted by molar-refractivity contribution is 7.88. The molecule has 7 nitrogen and oxygen atoms in total. The number of amides is 1. The normalized spacial score (nSPS) is 17.0. The quantitative estimate of drug-likeness (QED) is 0.501. The molecular weight excluding hydrogens is 495 g/mol. The van der Waals surface area contributed by atoms with Crippen molar-refractivity contribution in [1.82, 2.24) is 19.2 Å². The number of nitrogens with one attached hydrogen (secondary N) is 1. The molecule has 0 radical (unpaired) electrons. The highest BCUT2D eigenvalue weighted by Crippen LogP contribution is 2.26. The molecule has 1 N–H and O–H groups in total. The van der Waals surface area contributed by atoms with Crippen molar-refractivity contribution in [1.29, 1.82) is 0 Å². The van der Waals surface area contributed by atoms with Gasteiger partial charge in [-0.2, -0.15) is 0 Å². The van der Waals surface area contributed by atoms with Crippen molar-refractivity contribution in [2.75, 3.05) is 13.1 Å². The number of aryl methyl sites for hydroxylation is 1. The molecule has 3 aromatic rings. The fraction of sp³-hybridized carbons (Fsp3) is 0.333. The average molecular weight is 521 g/mol. The first kappa shape index (κ1) is 24.7. The third-order valence-electron chi connectivity index (χ3n) is 5.99. The number of benzene rings is 2. The molecule has 0 unspecified atom stereocenters. The lowest BCUT2D eigenvalue weighted by Crippen LogP contribution is -2.45. The van der Waals surface area contributed by atoms with Crippen LogP contribution < -0.4 is 5.32 Å². The van der Waals surface area contributed by atoms with Gasteiger partial charge in [0.2, 0.25) is 15.9 Å². The zero-order valence-electron chi connectivity index (χ0n) is 18.7. The number of halogens is 2. The zero-order chi connectivity index (χ0) is 24.3. The van der Waals surface area contributed by atoms with Gasteiger partial charge in [-0.05, 0) is 55.2 Å². The summed E-state index contributed by atoms with van der Waals surface area (Å²) >= 11 is 11.9. The van der Waals surface area contributed by atoms with E-state index in [0.717, 1.165) is 17.1 Å². The van der Waals surface area contributed by atoms with Crippen molar-refractivity contribution in [3.8, 4) is 5.69 Å². The van der Waals surface area contributed by atoms with E-state index < -0.39 is 10.0 Å². The van der Waals surface area contributed by atoms with E-state index >= 15 is 0 Å². The molecule has 1 saturated heterocycles. The van der Waals surface area contributed by atoms with Gasteiger partial charge in [0.25, 0.3) is 0 Å². The standard InChI is InChI=1S/C24H26Cl2N4O3S/c1-17-27-10-12-30(17)21-7-4-18(5-8-21)14-28-24(31)20-3-2-11-29(15-20)34(32,33)16-19-6-9-22(25)23(26)13-19/h4-10,12-13,20H,2-3,11,14-16H2,1H3,(H,28,31)/t20-/m1/s1. The van der Waals surface area contributed by atoms with Gasteiger partial charge in [0.05, 0.1) is 21.7 Å². The summed E-state index contributed by atoms with van der Waals surface area (Å²) < 4.78 is 29.3. The fourth-order valence-corrected chi connectivity index (χ4v) is 6.02. The van der Waals surface area contributed by atoms with Crippen LogP contribution in [0.5, 0.6) is 0 Å². The van der Waals surface area contributed by atoms with Gasteiger partial charge in [-0.25, -0.2) is 17.7 Å². The van der Waals surface area contributed by atoms with Crippen molar-refractivity contribution in [2.24, 2.45) is 5.92 Å². The summed E-state index contributed by atoms with van der Waals surface area (Å²) in [4.78, 5) is 17.0. The lowest BCUT2D eigenvalue weighted by molar-refractivity contribution is -0.126. The van der Waals surface area contributed by atoms with Crippen LogP contribution in [0.25, 0.3) is 5.69 Å². The first-order valence-corrected chi connectivity index (χ1v) is 13.4. The van der Waals surface area contributed by atoms with Crippen molar-refractivity contribution in [2.45, 2.75) is 32.1 Å². The predicted molar refractivity (Wildman–Crippen MR) is 134 cm³/mol. The lowest BCUT2D eigenvalue weighted by Gasteiger charge is -2.31. The molecule has 2 heterocycles. The van der Waals surface area contributed by atoms with Crippen LogP contribution in [0.1, 0.15) is 29.8 Å². The summed E-state index contributed by atoms with van der Waals surface area (Å²) in [6, 6.07) is 12.7. The molecule has 0 bridgehead atoms. The summed E-state index contributed by atoms with van der Waals surface area (Å²) in [5.74, 6) is 0.201. The third-order valence-corrected chi connectivity index (χ3v) is 8.54. The molecule has 1 atom stereocenters. The van der Waals surface area contributed by atoms with E-state index in [0.29, 0.717) is 41.5 Å². The Bertz CT molecular complexity index is 1280. The number of nitrogens with zero attached hydrogens (tertiary/aromatic N) is 3. The van der Waals surface area contributed by atoms with Gasteiger partial charge in [-0.3, -0.25) is 4.79 Å². The van der Waals surface area contributed by atoms with Gasteiger partial charge >= 0.3 is 0 Å². The summed E-state index contributed by atoms with van der Waals surface area (Å²) in [5.41, 5.74) is 2.53. The van der Waals surface area contributed by atoms with Crippen molar-refractivity contribution >= 4 is 39.1 Å². The monoisotopic (exact) mass is 520 g/mol. The molecule has 0 aliphatic carbocycles. The SMILES string of the molecule is Cc1nccn1-c1ccc(CNC(=O)[C@@H]2CCCN(S(=O)(=O)Cc3ccc(Cl)c(Cl)c3)C2)cc1. The van der Waals surface area contributed by atoms with Gasteiger partial charge in [-0.1, -0.05) is 41.4 Å². The predicted octanol–water partition coefficient (Wildman–Crippen LogP) is 4.35. The molecule has 4 rings (SSSR count). The van der Waals surface area contributed by atoms with Gasteiger partial charge in [-0.15, -0.1) is 0 Å². The number of carbonyl (C=O) groups excluding carboxylic acids is 1. The molecule has 34 heavy (non-hydrogen) atoms. The molecule has 10 heteroatoms. The minimum absolute atomic E-state index is 0.135. The lowest BCUT2D eigenvalue weighted by atomic mass is 9.99. The maximum absolute atomic E-state index is 13.0. The van der Waals surface area contributed by atoms with Crippen LogP contribution in [0.2, 0.25) is 10.0 Å². The van der Waals surface area contributed by atoms with Crippen molar-refractivity contribution in [3.05, 3.63) is 81.9 Å². The number of aromatic nitrogens is 2. The summed E-state index contributed by atoms with van der Waals surface area (Å²) in [7, 11) is -3.59. The molecule has 180 valence electrons.